The number of halogens is 1. The van der Waals surface area contributed by atoms with Gasteiger partial charge in [0.25, 0.3) is 0 Å². The van der Waals surface area contributed by atoms with E-state index in [0.29, 0.717) is 33.6 Å². The molecule has 0 fully saturated rings. The van der Waals surface area contributed by atoms with E-state index in [1.807, 2.05) is 12.1 Å². The van der Waals surface area contributed by atoms with E-state index in [1.54, 1.807) is 31.2 Å². The standard InChI is InChI=1S/C25H25ClN2O6S/c1-5-33-25(29)22-20(13-35-16-8-6-15(26)7-9-16)34-24(28)17(12-27)21(22)14-10-18(30-2)23(32-4)19(11-14)31-3/h6-11,21H,5,13,28H2,1-4H3/t21-/m0/s1. The third-order valence-electron chi connectivity index (χ3n) is 5.20. The Labute approximate surface area is 213 Å². The minimum Gasteiger partial charge on any atom is -0.493 e. The van der Waals surface area contributed by atoms with Gasteiger partial charge in [-0.05, 0) is 48.9 Å². The molecule has 1 aliphatic rings. The van der Waals surface area contributed by atoms with Gasteiger partial charge in [0.2, 0.25) is 11.6 Å². The number of hydrogen-bond acceptors (Lipinski definition) is 9. The summed E-state index contributed by atoms with van der Waals surface area (Å²) in [6.45, 7) is 1.84. The average Bonchev–Trinajstić information content (AvgIpc) is 2.86. The van der Waals surface area contributed by atoms with Crippen molar-refractivity contribution >= 4 is 29.3 Å². The maximum atomic E-state index is 13.2. The number of nitriles is 1. The van der Waals surface area contributed by atoms with Crippen molar-refractivity contribution in [1.29, 1.82) is 5.26 Å². The fourth-order valence-electron chi connectivity index (χ4n) is 3.64. The summed E-state index contributed by atoms with van der Waals surface area (Å²) in [5.41, 5.74) is 6.94. The van der Waals surface area contributed by atoms with Crippen molar-refractivity contribution in [2.75, 3.05) is 33.7 Å². The zero-order valence-corrected chi connectivity index (χ0v) is 21.3. The minimum atomic E-state index is -0.873. The molecule has 0 radical (unpaired) electrons. The number of allylic oxidation sites excluding steroid dienone is 1. The van der Waals surface area contributed by atoms with Gasteiger partial charge < -0.3 is 29.4 Å². The van der Waals surface area contributed by atoms with E-state index in [-0.39, 0.29) is 29.4 Å². The predicted molar refractivity (Wildman–Crippen MR) is 133 cm³/mol. The molecular weight excluding hydrogens is 492 g/mol. The van der Waals surface area contributed by atoms with Crippen molar-refractivity contribution in [3.05, 3.63) is 69.8 Å². The Morgan fingerprint density at radius 3 is 2.29 bits per heavy atom. The first kappa shape index (κ1) is 26.1. The number of ether oxygens (including phenoxy) is 5. The quantitative estimate of drug-likeness (QED) is 0.371. The second kappa shape index (κ2) is 11.8. The van der Waals surface area contributed by atoms with Crippen LogP contribution in [-0.4, -0.2) is 39.7 Å². The number of methoxy groups -OCH3 is 3. The number of benzene rings is 2. The largest absolute Gasteiger partial charge is 0.493 e. The Morgan fingerprint density at radius 1 is 1.14 bits per heavy atom. The van der Waals surface area contributed by atoms with Crippen LogP contribution in [0.15, 0.2) is 64.1 Å². The summed E-state index contributed by atoms with van der Waals surface area (Å²) in [5, 5.41) is 10.6. The third kappa shape index (κ3) is 5.61. The van der Waals surface area contributed by atoms with Gasteiger partial charge in [0.05, 0.1) is 45.2 Å². The highest BCUT2D eigenvalue weighted by Crippen LogP contribution is 2.46. The average molecular weight is 517 g/mol. The van der Waals surface area contributed by atoms with Crippen LogP contribution in [0.4, 0.5) is 0 Å². The summed E-state index contributed by atoms with van der Waals surface area (Å²) in [7, 11) is 4.45. The number of carbonyl (C=O) groups excluding carboxylic acids is 1. The van der Waals surface area contributed by atoms with Crippen LogP contribution < -0.4 is 19.9 Å². The Morgan fingerprint density at radius 2 is 1.77 bits per heavy atom. The fourth-order valence-corrected chi connectivity index (χ4v) is 4.61. The Kier molecular flexibility index (Phi) is 8.79. The number of carbonyl (C=O) groups is 1. The van der Waals surface area contributed by atoms with Gasteiger partial charge >= 0.3 is 5.97 Å². The molecule has 2 aromatic carbocycles. The molecule has 0 amide bonds. The topological polar surface area (TPSA) is 113 Å². The summed E-state index contributed by atoms with van der Waals surface area (Å²) in [6.07, 6.45) is 0. The smallest absolute Gasteiger partial charge is 0.338 e. The van der Waals surface area contributed by atoms with Gasteiger partial charge in [-0.3, -0.25) is 0 Å². The van der Waals surface area contributed by atoms with Crippen molar-refractivity contribution in [2.45, 2.75) is 17.7 Å². The summed E-state index contributed by atoms with van der Waals surface area (Å²) < 4.78 is 27.5. The number of rotatable bonds is 9. The lowest BCUT2D eigenvalue weighted by molar-refractivity contribution is -0.139. The van der Waals surface area contributed by atoms with Crippen molar-refractivity contribution in [2.24, 2.45) is 5.73 Å². The first-order valence-electron chi connectivity index (χ1n) is 10.5. The normalized spacial score (nSPS) is 15.3. The van der Waals surface area contributed by atoms with Gasteiger partial charge in [0, 0.05) is 9.92 Å². The first-order valence-corrected chi connectivity index (χ1v) is 11.9. The summed E-state index contributed by atoms with van der Waals surface area (Å²) in [5.74, 6) is 0.0801. The highest BCUT2D eigenvalue weighted by Gasteiger charge is 2.38. The molecule has 0 saturated heterocycles. The summed E-state index contributed by atoms with van der Waals surface area (Å²) in [6, 6.07) is 12.7. The SMILES string of the molecule is CCOC(=O)C1=C(CSc2ccc(Cl)cc2)OC(N)=C(C#N)[C@@H]1c1cc(OC)c(OC)c(OC)c1. The number of thioether (sulfide) groups is 1. The van der Waals surface area contributed by atoms with Crippen molar-refractivity contribution < 1.29 is 28.5 Å². The molecule has 0 unspecified atom stereocenters. The summed E-state index contributed by atoms with van der Waals surface area (Å²) in [4.78, 5) is 14.1. The van der Waals surface area contributed by atoms with E-state index in [9.17, 15) is 10.1 Å². The van der Waals surface area contributed by atoms with Crippen molar-refractivity contribution in [3.63, 3.8) is 0 Å². The summed E-state index contributed by atoms with van der Waals surface area (Å²) >= 11 is 7.41. The predicted octanol–water partition coefficient (Wildman–Crippen LogP) is 4.78. The molecule has 0 bridgehead atoms. The van der Waals surface area contributed by atoms with Crippen molar-refractivity contribution in [3.8, 4) is 23.3 Å². The molecule has 8 nitrogen and oxygen atoms in total. The molecule has 1 heterocycles. The Hall–Kier alpha value is -3.48. The van der Waals surface area contributed by atoms with Crippen LogP contribution in [0.3, 0.4) is 0 Å². The number of nitrogens with zero attached hydrogens (tertiary/aromatic N) is 1. The molecule has 1 atom stereocenters. The molecule has 35 heavy (non-hydrogen) atoms. The van der Waals surface area contributed by atoms with E-state index in [2.05, 4.69) is 6.07 Å². The van der Waals surface area contributed by atoms with Crippen molar-refractivity contribution in [1.82, 2.24) is 0 Å². The lowest BCUT2D eigenvalue weighted by Gasteiger charge is -2.28. The van der Waals surface area contributed by atoms with Crippen LogP contribution in [0, 0.1) is 11.3 Å². The zero-order chi connectivity index (χ0) is 25.5. The van der Waals surface area contributed by atoms with Crippen LogP contribution in [-0.2, 0) is 14.3 Å². The molecule has 10 heteroatoms. The maximum Gasteiger partial charge on any atom is 0.338 e. The monoisotopic (exact) mass is 516 g/mol. The molecular formula is C25H25ClN2O6S. The third-order valence-corrected chi connectivity index (χ3v) is 6.46. The molecule has 0 spiro atoms. The second-order valence-electron chi connectivity index (χ2n) is 7.18. The zero-order valence-electron chi connectivity index (χ0n) is 19.7. The molecule has 0 saturated carbocycles. The van der Waals surface area contributed by atoms with Crippen LogP contribution in [0.25, 0.3) is 0 Å². The maximum absolute atomic E-state index is 13.2. The van der Waals surface area contributed by atoms with Crippen LogP contribution in [0.1, 0.15) is 18.4 Å². The van der Waals surface area contributed by atoms with Gasteiger partial charge in [0.1, 0.15) is 17.4 Å². The van der Waals surface area contributed by atoms with Gasteiger partial charge in [0.15, 0.2) is 11.5 Å². The molecule has 0 aliphatic carbocycles. The Bertz CT molecular complexity index is 1180. The van der Waals surface area contributed by atoms with Gasteiger partial charge in [-0.15, -0.1) is 11.8 Å². The number of hydrogen-bond donors (Lipinski definition) is 1. The van der Waals surface area contributed by atoms with E-state index in [4.69, 9.17) is 41.0 Å². The highest BCUT2D eigenvalue weighted by molar-refractivity contribution is 7.99. The molecule has 1 aliphatic heterocycles. The molecule has 184 valence electrons. The molecule has 2 N–H and O–H groups in total. The fraction of sp³-hybridized carbons (Fsp3) is 0.280. The van der Waals surface area contributed by atoms with Crippen LogP contribution >= 0.6 is 23.4 Å². The molecule has 2 aromatic rings. The Balaban J connectivity index is 2.17. The van der Waals surface area contributed by atoms with E-state index < -0.39 is 11.9 Å². The van der Waals surface area contributed by atoms with E-state index >= 15 is 0 Å². The van der Waals surface area contributed by atoms with Crippen LogP contribution in [0.2, 0.25) is 5.02 Å². The lowest BCUT2D eigenvalue weighted by atomic mass is 9.82. The van der Waals surface area contributed by atoms with Crippen LogP contribution in [0.5, 0.6) is 17.2 Å². The lowest BCUT2D eigenvalue weighted by Crippen LogP contribution is -2.27. The molecule has 3 rings (SSSR count). The van der Waals surface area contributed by atoms with E-state index in [0.717, 1.165) is 4.90 Å². The molecule has 0 aromatic heterocycles. The van der Waals surface area contributed by atoms with Gasteiger partial charge in [-0.25, -0.2) is 4.79 Å². The highest BCUT2D eigenvalue weighted by atomic mass is 35.5. The number of esters is 1. The minimum absolute atomic E-state index is 0.0718. The van der Waals surface area contributed by atoms with E-state index in [1.165, 1.54) is 33.1 Å². The van der Waals surface area contributed by atoms with Gasteiger partial charge in [-0.2, -0.15) is 5.26 Å². The number of nitrogens with two attached hydrogens (primary N) is 1. The van der Waals surface area contributed by atoms with Gasteiger partial charge in [-0.1, -0.05) is 11.6 Å². The second-order valence-corrected chi connectivity index (χ2v) is 8.67. The first-order chi connectivity index (χ1) is 16.9.